The van der Waals surface area contributed by atoms with Crippen LogP contribution in [0.4, 0.5) is 5.82 Å². The molecule has 1 amide bonds. The van der Waals surface area contributed by atoms with Gasteiger partial charge in [-0.25, -0.2) is 4.98 Å². The van der Waals surface area contributed by atoms with Crippen molar-refractivity contribution in [1.82, 2.24) is 20.5 Å². The average Bonchev–Trinajstić information content (AvgIpc) is 3.14. The number of piperazine rings is 1. The molecule has 1 aromatic heterocycles. The molecule has 4 rings (SSSR count). The van der Waals surface area contributed by atoms with Crippen molar-refractivity contribution in [3.05, 3.63) is 24.4 Å². The summed E-state index contributed by atoms with van der Waals surface area (Å²) < 4.78 is 0. The molecule has 148 valence electrons. The second-order valence-corrected chi connectivity index (χ2v) is 8.58. The first kappa shape index (κ1) is 18.7. The molecular formula is C21H33N5O. The molecular weight excluding hydrogens is 338 g/mol. The van der Waals surface area contributed by atoms with E-state index < -0.39 is 0 Å². The van der Waals surface area contributed by atoms with E-state index in [1.807, 2.05) is 18.3 Å². The van der Waals surface area contributed by atoms with Crippen molar-refractivity contribution < 1.29 is 4.79 Å². The number of aromatic nitrogens is 1. The minimum atomic E-state index is -0.149. The highest BCUT2D eigenvalue weighted by Crippen LogP contribution is 2.43. The van der Waals surface area contributed by atoms with Crippen LogP contribution < -0.4 is 15.5 Å². The van der Waals surface area contributed by atoms with E-state index in [1.165, 1.54) is 19.3 Å². The third-order valence-corrected chi connectivity index (χ3v) is 6.75. The summed E-state index contributed by atoms with van der Waals surface area (Å²) in [6.45, 7) is 8.98. The minimum absolute atomic E-state index is 0.149. The zero-order chi connectivity index (χ0) is 18.7. The summed E-state index contributed by atoms with van der Waals surface area (Å²) in [6, 6.07) is 6.27. The van der Waals surface area contributed by atoms with Crippen molar-refractivity contribution in [2.45, 2.75) is 38.6 Å². The Balaban J connectivity index is 1.26. The number of hydrogen-bond donors (Lipinski definition) is 2. The Kier molecular flexibility index (Phi) is 5.64. The van der Waals surface area contributed by atoms with Gasteiger partial charge in [0.2, 0.25) is 5.91 Å². The van der Waals surface area contributed by atoms with E-state index in [-0.39, 0.29) is 17.4 Å². The number of carbonyl (C=O) groups excluding carboxylic acids is 1. The normalized spacial score (nSPS) is 30.0. The fraction of sp³-hybridized carbons (Fsp3) is 0.714. The zero-order valence-electron chi connectivity index (χ0n) is 16.5. The van der Waals surface area contributed by atoms with E-state index >= 15 is 0 Å². The molecule has 3 fully saturated rings. The fourth-order valence-electron chi connectivity index (χ4n) is 5.19. The topological polar surface area (TPSA) is 60.5 Å². The monoisotopic (exact) mass is 371 g/mol. The lowest BCUT2D eigenvalue weighted by molar-refractivity contribution is -0.134. The molecule has 3 atom stereocenters. The van der Waals surface area contributed by atoms with E-state index in [0.29, 0.717) is 5.92 Å². The Morgan fingerprint density at radius 1 is 1.33 bits per heavy atom. The molecule has 2 aliphatic heterocycles. The number of pyridine rings is 1. The molecule has 3 heterocycles. The van der Waals surface area contributed by atoms with Gasteiger partial charge < -0.3 is 15.5 Å². The molecule has 1 aromatic rings. The summed E-state index contributed by atoms with van der Waals surface area (Å²) in [5.41, 5.74) is -0.149. The van der Waals surface area contributed by atoms with Gasteiger partial charge in [0.25, 0.3) is 0 Å². The van der Waals surface area contributed by atoms with Gasteiger partial charge in [0.15, 0.2) is 0 Å². The number of amides is 1. The van der Waals surface area contributed by atoms with Crippen molar-refractivity contribution in [2.24, 2.45) is 11.3 Å². The Labute approximate surface area is 162 Å². The van der Waals surface area contributed by atoms with Crippen molar-refractivity contribution >= 4 is 11.7 Å². The van der Waals surface area contributed by atoms with Crippen LogP contribution in [0.15, 0.2) is 24.4 Å². The Hall–Kier alpha value is -1.66. The van der Waals surface area contributed by atoms with Gasteiger partial charge in [-0.3, -0.25) is 9.69 Å². The number of nitrogens with one attached hydrogen (secondary N) is 2. The molecule has 0 spiro atoms. The lowest BCUT2D eigenvalue weighted by atomic mass is 9.67. The quantitative estimate of drug-likeness (QED) is 0.821. The predicted molar refractivity (Wildman–Crippen MR) is 108 cm³/mol. The fourth-order valence-corrected chi connectivity index (χ4v) is 5.19. The molecule has 27 heavy (non-hydrogen) atoms. The van der Waals surface area contributed by atoms with E-state index in [0.717, 1.165) is 58.1 Å². The number of fused-ring (bicyclic) bond motifs is 1. The molecule has 2 saturated heterocycles. The lowest BCUT2D eigenvalue weighted by Gasteiger charge is -2.39. The van der Waals surface area contributed by atoms with Crippen LogP contribution in [0, 0.1) is 11.3 Å². The van der Waals surface area contributed by atoms with Crippen LogP contribution in [-0.2, 0) is 4.79 Å². The molecule has 0 aromatic carbocycles. The summed E-state index contributed by atoms with van der Waals surface area (Å²) in [7, 11) is 0. The summed E-state index contributed by atoms with van der Waals surface area (Å²) in [4.78, 5) is 22.4. The Morgan fingerprint density at radius 2 is 2.19 bits per heavy atom. The van der Waals surface area contributed by atoms with Gasteiger partial charge in [0.05, 0.1) is 5.41 Å². The number of rotatable bonds is 5. The third kappa shape index (κ3) is 3.97. The van der Waals surface area contributed by atoms with Crippen molar-refractivity contribution in [3.63, 3.8) is 0 Å². The average molecular weight is 372 g/mol. The van der Waals surface area contributed by atoms with Crippen LogP contribution in [0.25, 0.3) is 0 Å². The predicted octanol–water partition coefficient (Wildman–Crippen LogP) is 1.49. The minimum Gasteiger partial charge on any atom is -0.354 e. The molecule has 6 heteroatoms. The molecule has 2 N–H and O–H groups in total. The number of carbonyl (C=O) groups is 1. The van der Waals surface area contributed by atoms with E-state index in [1.54, 1.807) is 0 Å². The van der Waals surface area contributed by atoms with Crippen molar-refractivity contribution in [3.8, 4) is 0 Å². The molecule has 3 aliphatic rings. The van der Waals surface area contributed by atoms with Crippen LogP contribution >= 0.6 is 0 Å². The van der Waals surface area contributed by atoms with Gasteiger partial charge >= 0.3 is 0 Å². The van der Waals surface area contributed by atoms with Gasteiger partial charge in [0, 0.05) is 51.5 Å². The summed E-state index contributed by atoms with van der Waals surface area (Å²) in [5, 5.41) is 6.83. The third-order valence-electron chi connectivity index (χ3n) is 6.75. The van der Waals surface area contributed by atoms with E-state index in [9.17, 15) is 4.79 Å². The highest BCUT2D eigenvalue weighted by Gasteiger charge is 2.49. The van der Waals surface area contributed by atoms with E-state index in [2.05, 4.69) is 38.4 Å². The second kappa shape index (κ2) is 8.15. The van der Waals surface area contributed by atoms with Gasteiger partial charge in [0.1, 0.15) is 5.82 Å². The maximum absolute atomic E-state index is 13.1. The zero-order valence-corrected chi connectivity index (χ0v) is 16.5. The molecule has 0 radical (unpaired) electrons. The Bertz CT molecular complexity index is 631. The van der Waals surface area contributed by atoms with Crippen molar-refractivity contribution in [1.29, 1.82) is 0 Å². The van der Waals surface area contributed by atoms with Gasteiger partial charge in [-0.05, 0) is 44.4 Å². The van der Waals surface area contributed by atoms with Crippen LogP contribution in [0.2, 0.25) is 0 Å². The number of hydrogen-bond acceptors (Lipinski definition) is 5. The maximum atomic E-state index is 13.1. The van der Waals surface area contributed by atoms with Crippen LogP contribution in [0.5, 0.6) is 0 Å². The standard InChI is InChI=1S/C21H33N5O/c1-17(24-20(27)21-8-4-2-6-18(21)14-22-16-21)15-25-10-12-26(13-11-25)19-7-3-5-9-23-19/h3,5,7,9,17-18,22H,2,4,6,8,10-16H2,1H3,(H,24,27)/t17?,18-,21+/m0/s1. The van der Waals surface area contributed by atoms with Crippen LogP contribution in [-0.4, -0.2) is 67.6 Å². The SMILES string of the molecule is CC(CN1CCN(c2ccccn2)CC1)NC(=O)[C@@]12CCCC[C@H]1CNC2. The smallest absolute Gasteiger partial charge is 0.228 e. The van der Waals surface area contributed by atoms with Gasteiger partial charge in [-0.1, -0.05) is 18.9 Å². The summed E-state index contributed by atoms with van der Waals surface area (Å²) in [5.74, 6) is 1.88. The molecule has 1 aliphatic carbocycles. The number of nitrogens with zero attached hydrogens (tertiary/aromatic N) is 3. The number of anilines is 1. The lowest BCUT2D eigenvalue weighted by Crippen LogP contribution is -2.54. The summed E-state index contributed by atoms with van der Waals surface area (Å²) >= 11 is 0. The van der Waals surface area contributed by atoms with Gasteiger partial charge in [-0.2, -0.15) is 0 Å². The first-order valence-corrected chi connectivity index (χ1v) is 10.6. The Morgan fingerprint density at radius 3 is 2.96 bits per heavy atom. The van der Waals surface area contributed by atoms with Crippen LogP contribution in [0.1, 0.15) is 32.6 Å². The van der Waals surface area contributed by atoms with Gasteiger partial charge in [-0.15, -0.1) is 0 Å². The van der Waals surface area contributed by atoms with E-state index in [4.69, 9.17) is 0 Å². The largest absolute Gasteiger partial charge is 0.354 e. The first-order valence-electron chi connectivity index (χ1n) is 10.6. The molecule has 1 saturated carbocycles. The van der Waals surface area contributed by atoms with Crippen LogP contribution in [0.3, 0.4) is 0 Å². The van der Waals surface area contributed by atoms with Crippen molar-refractivity contribution in [2.75, 3.05) is 50.7 Å². The molecule has 1 unspecified atom stereocenters. The maximum Gasteiger partial charge on any atom is 0.228 e. The molecule has 0 bridgehead atoms. The highest BCUT2D eigenvalue weighted by atomic mass is 16.2. The first-order chi connectivity index (χ1) is 13.2. The highest BCUT2D eigenvalue weighted by molar-refractivity contribution is 5.84. The summed E-state index contributed by atoms with van der Waals surface area (Å²) in [6.07, 6.45) is 6.57. The molecule has 6 nitrogen and oxygen atoms in total. The second-order valence-electron chi connectivity index (χ2n) is 8.58.